The summed E-state index contributed by atoms with van der Waals surface area (Å²) in [4.78, 5) is 2.18. The number of methoxy groups -OCH3 is 1. The number of benzene rings is 1. The van der Waals surface area contributed by atoms with Crippen LogP contribution in [0, 0.1) is 0 Å². The molecule has 0 radical (unpaired) electrons. The predicted molar refractivity (Wildman–Crippen MR) is 81.1 cm³/mol. The maximum atomic E-state index is 6.17. The molecule has 0 amide bonds. The van der Waals surface area contributed by atoms with Gasteiger partial charge in [-0.3, -0.25) is 0 Å². The van der Waals surface area contributed by atoms with E-state index in [2.05, 4.69) is 31.1 Å². The highest BCUT2D eigenvalue weighted by molar-refractivity contribution is 5.59. The van der Waals surface area contributed by atoms with Gasteiger partial charge in [0.05, 0.1) is 7.11 Å². The molecule has 1 aromatic carbocycles. The van der Waals surface area contributed by atoms with Crippen molar-refractivity contribution in [2.75, 3.05) is 32.6 Å². The van der Waals surface area contributed by atoms with Crippen molar-refractivity contribution in [2.45, 2.75) is 37.5 Å². The molecule has 3 nitrogen and oxygen atoms in total. The molecule has 106 valence electrons. The van der Waals surface area contributed by atoms with Gasteiger partial charge < -0.3 is 15.4 Å². The van der Waals surface area contributed by atoms with Crippen molar-refractivity contribution < 1.29 is 4.74 Å². The number of nitrogens with zero attached hydrogens (tertiary/aromatic N) is 1. The van der Waals surface area contributed by atoms with Crippen LogP contribution in [0.25, 0.3) is 0 Å². The van der Waals surface area contributed by atoms with E-state index in [9.17, 15) is 0 Å². The summed E-state index contributed by atoms with van der Waals surface area (Å²) in [6.45, 7) is 0.723. The lowest BCUT2D eigenvalue weighted by Gasteiger charge is -2.39. The normalized spacial score (nSPS) is 18.1. The van der Waals surface area contributed by atoms with Crippen LogP contribution < -0.4 is 15.4 Å². The Bertz CT molecular complexity index is 423. The number of nitrogens with two attached hydrogens (primary N) is 1. The number of anilines is 1. The fourth-order valence-corrected chi connectivity index (χ4v) is 3.27. The van der Waals surface area contributed by atoms with Crippen molar-refractivity contribution in [3.63, 3.8) is 0 Å². The van der Waals surface area contributed by atoms with Crippen LogP contribution in [0.2, 0.25) is 0 Å². The van der Waals surface area contributed by atoms with Crippen LogP contribution in [0.5, 0.6) is 5.75 Å². The third-order valence-corrected chi connectivity index (χ3v) is 4.46. The average Bonchev–Trinajstić information content (AvgIpc) is 2.47. The molecule has 0 spiro atoms. The molecule has 0 aromatic heterocycles. The zero-order valence-corrected chi connectivity index (χ0v) is 12.4. The average molecular weight is 262 g/mol. The maximum Gasteiger partial charge on any atom is 0.119 e. The number of hydrogen-bond acceptors (Lipinski definition) is 3. The first-order chi connectivity index (χ1) is 9.13. The zero-order valence-electron chi connectivity index (χ0n) is 12.4. The SMILES string of the molecule is COc1ccc(N(C)C)c(C2(CN)CCCCC2)c1. The van der Waals surface area contributed by atoms with Crippen molar-refractivity contribution >= 4 is 5.69 Å². The lowest BCUT2D eigenvalue weighted by atomic mass is 9.69. The smallest absolute Gasteiger partial charge is 0.119 e. The third kappa shape index (κ3) is 2.71. The van der Waals surface area contributed by atoms with E-state index < -0.39 is 0 Å². The molecule has 3 heteroatoms. The van der Waals surface area contributed by atoms with Crippen LogP contribution in [0.15, 0.2) is 18.2 Å². The molecule has 1 saturated carbocycles. The quantitative estimate of drug-likeness (QED) is 0.906. The van der Waals surface area contributed by atoms with Crippen LogP contribution >= 0.6 is 0 Å². The topological polar surface area (TPSA) is 38.5 Å². The first-order valence-electron chi connectivity index (χ1n) is 7.19. The molecule has 0 atom stereocenters. The Morgan fingerprint density at radius 2 is 1.89 bits per heavy atom. The Balaban J connectivity index is 2.50. The van der Waals surface area contributed by atoms with E-state index in [4.69, 9.17) is 10.5 Å². The highest BCUT2D eigenvalue weighted by Gasteiger charge is 2.35. The molecule has 0 aliphatic heterocycles. The lowest BCUT2D eigenvalue weighted by Crippen LogP contribution is -2.38. The summed E-state index contributed by atoms with van der Waals surface area (Å²) in [7, 11) is 5.92. The second-order valence-corrected chi connectivity index (χ2v) is 5.82. The van der Waals surface area contributed by atoms with Gasteiger partial charge in [-0.25, -0.2) is 0 Å². The van der Waals surface area contributed by atoms with Gasteiger partial charge >= 0.3 is 0 Å². The van der Waals surface area contributed by atoms with Gasteiger partial charge in [0.1, 0.15) is 5.75 Å². The van der Waals surface area contributed by atoms with E-state index in [1.807, 2.05) is 6.07 Å². The molecular weight excluding hydrogens is 236 g/mol. The van der Waals surface area contributed by atoms with Gasteiger partial charge in [0.25, 0.3) is 0 Å². The zero-order chi connectivity index (χ0) is 13.9. The Labute approximate surface area is 116 Å². The molecule has 0 bridgehead atoms. The number of rotatable bonds is 4. The second-order valence-electron chi connectivity index (χ2n) is 5.82. The summed E-state index contributed by atoms with van der Waals surface area (Å²) in [5.41, 5.74) is 8.93. The van der Waals surface area contributed by atoms with E-state index in [1.54, 1.807) is 7.11 Å². The van der Waals surface area contributed by atoms with Crippen LogP contribution in [-0.4, -0.2) is 27.7 Å². The predicted octanol–water partition coefficient (Wildman–Crippen LogP) is 2.92. The van der Waals surface area contributed by atoms with E-state index in [0.717, 1.165) is 12.3 Å². The first-order valence-corrected chi connectivity index (χ1v) is 7.19. The molecule has 19 heavy (non-hydrogen) atoms. The summed E-state index contributed by atoms with van der Waals surface area (Å²) in [6.07, 6.45) is 6.28. The summed E-state index contributed by atoms with van der Waals surface area (Å²) in [5.74, 6) is 0.930. The van der Waals surface area contributed by atoms with E-state index in [-0.39, 0.29) is 5.41 Å². The van der Waals surface area contributed by atoms with Gasteiger partial charge in [0, 0.05) is 31.7 Å². The van der Waals surface area contributed by atoms with E-state index in [1.165, 1.54) is 43.4 Å². The summed E-state index contributed by atoms with van der Waals surface area (Å²) in [5, 5.41) is 0. The molecule has 2 rings (SSSR count). The standard InChI is InChI=1S/C16H26N2O/c1-18(2)15-8-7-13(19-3)11-14(15)16(12-17)9-5-4-6-10-16/h7-8,11H,4-6,9-10,12,17H2,1-3H3. The van der Waals surface area contributed by atoms with Crippen molar-refractivity contribution in [3.05, 3.63) is 23.8 Å². The minimum Gasteiger partial charge on any atom is -0.497 e. The van der Waals surface area contributed by atoms with Crippen molar-refractivity contribution in [1.82, 2.24) is 0 Å². The summed E-state index contributed by atoms with van der Waals surface area (Å²) < 4.78 is 5.41. The van der Waals surface area contributed by atoms with Crippen LogP contribution in [0.4, 0.5) is 5.69 Å². The molecule has 0 unspecified atom stereocenters. The van der Waals surface area contributed by atoms with E-state index >= 15 is 0 Å². The van der Waals surface area contributed by atoms with Crippen molar-refractivity contribution in [1.29, 1.82) is 0 Å². The van der Waals surface area contributed by atoms with Crippen molar-refractivity contribution in [3.8, 4) is 5.75 Å². The molecule has 1 aliphatic carbocycles. The Hall–Kier alpha value is -1.22. The van der Waals surface area contributed by atoms with Gasteiger partial charge in [-0.2, -0.15) is 0 Å². The van der Waals surface area contributed by atoms with Crippen molar-refractivity contribution in [2.24, 2.45) is 5.73 Å². The van der Waals surface area contributed by atoms with E-state index in [0.29, 0.717) is 0 Å². The lowest BCUT2D eigenvalue weighted by molar-refractivity contribution is 0.300. The minimum atomic E-state index is 0.131. The fourth-order valence-electron chi connectivity index (χ4n) is 3.27. The molecule has 2 N–H and O–H groups in total. The van der Waals surface area contributed by atoms with Gasteiger partial charge in [-0.1, -0.05) is 19.3 Å². The van der Waals surface area contributed by atoms with Gasteiger partial charge in [-0.05, 0) is 36.6 Å². The fraction of sp³-hybridized carbons (Fsp3) is 0.625. The number of ether oxygens (including phenoxy) is 1. The molecule has 0 heterocycles. The van der Waals surface area contributed by atoms with Crippen LogP contribution in [-0.2, 0) is 5.41 Å². The second kappa shape index (κ2) is 5.83. The highest BCUT2D eigenvalue weighted by Crippen LogP contribution is 2.43. The third-order valence-electron chi connectivity index (χ3n) is 4.46. The Morgan fingerprint density at radius 3 is 2.42 bits per heavy atom. The Kier molecular flexibility index (Phi) is 4.35. The molecular formula is C16H26N2O. The largest absolute Gasteiger partial charge is 0.497 e. The van der Waals surface area contributed by atoms with Gasteiger partial charge in [0.15, 0.2) is 0 Å². The first kappa shape index (κ1) is 14.2. The molecule has 0 saturated heterocycles. The highest BCUT2D eigenvalue weighted by atomic mass is 16.5. The number of hydrogen-bond donors (Lipinski definition) is 1. The summed E-state index contributed by atoms with van der Waals surface area (Å²) in [6, 6.07) is 6.37. The van der Waals surface area contributed by atoms with Gasteiger partial charge in [0.2, 0.25) is 0 Å². The molecule has 1 aliphatic rings. The Morgan fingerprint density at radius 1 is 1.21 bits per heavy atom. The molecule has 1 fully saturated rings. The van der Waals surface area contributed by atoms with Crippen LogP contribution in [0.3, 0.4) is 0 Å². The van der Waals surface area contributed by atoms with Crippen LogP contribution in [0.1, 0.15) is 37.7 Å². The monoisotopic (exact) mass is 262 g/mol. The summed E-state index contributed by atoms with van der Waals surface area (Å²) >= 11 is 0. The minimum absolute atomic E-state index is 0.131. The molecule has 1 aromatic rings. The van der Waals surface area contributed by atoms with Gasteiger partial charge in [-0.15, -0.1) is 0 Å². The maximum absolute atomic E-state index is 6.17.